The Bertz CT molecular complexity index is 1810. The second kappa shape index (κ2) is 11.9. The van der Waals surface area contributed by atoms with Crippen molar-refractivity contribution >= 4 is 49.8 Å². The predicted octanol–water partition coefficient (Wildman–Crippen LogP) is 5.05. The van der Waals surface area contributed by atoms with Gasteiger partial charge in [-0.15, -0.1) is 0 Å². The molecule has 4 bridgehead atoms. The molecule has 0 saturated heterocycles. The number of carbonyl (C=O) groups excluding carboxylic acids is 2. The summed E-state index contributed by atoms with van der Waals surface area (Å²) in [5.41, 5.74) is 8.37. The van der Waals surface area contributed by atoms with Crippen LogP contribution >= 0.6 is 0 Å². The molecule has 43 heavy (non-hydrogen) atoms. The monoisotopic (exact) mass is 605 g/mol. The number of likely N-dealkylation sites (N-methyl/N-ethyl adjacent to an activating group) is 1. The number of hydrogen-bond donors (Lipinski definition) is 3. The van der Waals surface area contributed by atoms with Gasteiger partial charge in [-0.1, -0.05) is 24.3 Å². The number of nitrogens with two attached hydrogens (primary N) is 1. The minimum absolute atomic E-state index is 0.0545. The highest BCUT2D eigenvalue weighted by Crippen LogP contribution is 2.31. The molecule has 0 spiro atoms. The number of benzene rings is 3. The van der Waals surface area contributed by atoms with Crippen LogP contribution in [0.4, 0.5) is 26.4 Å². The number of anilines is 3. The lowest BCUT2D eigenvalue weighted by atomic mass is 10.0. The minimum atomic E-state index is -3.73. The largest absolute Gasteiger partial charge is 0.449 e. The van der Waals surface area contributed by atoms with Gasteiger partial charge >= 0.3 is 6.09 Å². The third-order valence-electron chi connectivity index (χ3n) is 7.36. The Balaban J connectivity index is 1.58. The van der Waals surface area contributed by atoms with Crippen molar-refractivity contribution in [1.29, 1.82) is 0 Å². The summed E-state index contributed by atoms with van der Waals surface area (Å²) in [5.74, 6) is -0.912. The Morgan fingerprint density at radius 3 is 2.56 bits per heavy atom. The van der Waals surface area contributed by atoms with Gasteiger partial charge in [-0.3, -0.25) is 10.1 Å². The van der Waals surface area contributed by atoms with Crippen LogP contribution in [0.5, 0.6) is 0 Å². The maximum Gasteiger partial charge on any atom is 0.411 e. The van der Waals surface area contributed by atoms with E-state index in [9.17, 15) is 18.0 Å². The van der Waals surface area contributed by atoms with Gasteiger partial charge in [-0.25, -0.2) is 22.6 Å². The predicted molar refractivity (Wildman–Crippen MR) is 163 cm³/mol. The number of sulfone groups is 1. The molecule has 6 rings (SSSR count). The van der Waals surface area contributed by atoms with Crippen LogP contribution in [-0.2, 0) is 32.3 Å². The third-order valence-corrected chi connectivity index (χ3v) is 9.61. The number of rotatable bonds is 4. The maximum absolute atomic E-state index is 15.1. The van der Waals surface area contributed by atoms with E-state index in [0.717, 1.165) is 5.56 Å². The van der Waals surface area contributed by atoms with Crippen LogP contribution < -0.4 is 16.4 Å². The summed E-state index contributed by atoms with van der Waals surface area (Å²) >= 11 is 0. The molecular weight excluding hydrogens is 573 g/mol. The maximum atomic E-state index is 15.1. The van der Waals surface area contributed by atoms with Crippen LogP contribution in [0.1, 0.15) is 36.6 Å². The summed E-state index contributed by atoms with van der Waals surface area (Å²) < 4.78 is 46.9. The van der Waals surface area contributed by atoms with Gasteiger partial charge in [-0.2, -0.15) is 0 Å². The van der Waals surface area contributed by atoms with E-state index in [-0.39, 0.29) is 35.2 Å². The van der Waals surface area contributed by atoms with E-state index in [2.05, 4.69) is 15.6 Å². The molecule has 224 valence electrons. The standard InChI is InChI=1S/C31H32FN5O5S/c1-18(2)43(40,41)26-9-8-23-15-22(26)17-37(3)30(38)28(20-6-4-19(5-7-20)11-13-42-31(39)36-23)35-24-14-21-10-12-34-29(33)27(21)25(32)16-24/h4-10,12,14-16,18,28,35H,11,13,17H2,1-3H3,(H2,33,34)(H,36,39). The van der Waals surface area contributed by atoms with E-state index in [1.807, 2.05) is 12.1 Å². The number of hydrogen-bond acceptors (Lipinski definition) is 8. The second-order valence-corrected chi connectivity index (χ2v) is 13.2. The zero-order chi connectivity index (χ0) is 30.9. The van der Waals surface area contributed by atoms with Crippen molar-refractivity contribution < 1.29 is 27.1 Å². The van der Waals surface area contributed by atoms with Gasteiger partial charge in [0.2, 0.25) is 5.91 Å². The SMILES string of the molecule is CC(C)S(=O)(=O)c1ccc2cc1CN(C)C(=O)C(Nc1cc(F)c3c(N)nccc3c1)c1ccc(cc1)CCOC(=O)N2. The summed E-state index contributed by atoms with van der Waals surface area (Å²) in [6, 6.07) is 15.3. The normalized spacial score (nSPS) is 16.3. The molecule has 1 atom stereocenters. The molecule has 2 aliphatic rings. The zero-order valence-corrected chi connectivity index (χ0v) is 24.7. The number of halogens is 1. The molecule has 1 aromatic heterocycles. The first-order valence-electron chi connectivity index (χ1n) is 13.7. The Morgan fingerprint density at radius 1 is 1.09 bits per heavy atom. The molecule has 4 aromatic rings. The summed E-state index contributed by atoms with van der Waals surface area (Å²) in [6.45, 7) is 3.17. The van der Waals surface area contributed by atoms with Gasteiger partial charge in [0.15, 0.2) is 9.84 Å². The zero-order valence-electron chi connectivity index (χ0n) is 23.9. The quantitative estimate of drug-likeness (QED) is 0.293. The Labute approximate surface area is 249 Å². The van der Waals surface area contributed by atoms with E-state index in [1.54, 1.807) is 45.2 Å². The summed E-state index contributed by atoms with van der Waals surface area (Å²) in [7, 11) is -2.17. The number of aromatic nitrogens is 1. The van der Waals surface area contributed by atoms with Crippen molar-refractivity contribution in [3.05, 3.63) is 89.4 Å². The molecule has 2 amide bonds. The van der Waals surface area contributed by atoms with Crippen LogP contribution in [0.3, 0.4) is 0 Å². The fourth-order valence-electron chi connectivity index (χ4n) is 4.99. The Kier molecular flexibility index (Phi) is 8.23. The minimum Gasteiger partial charge on any atom is -0.449 e. The number of amides is 2. The molecule has 3 heterocycles. The average Bonchev–Trinajstić information content (AvgIpc) is 2.95. The molecule has 2 aliphatic heterocycles. The summed E-state index contributed by atoms with van der Waals surface area (Å²) in [5, 5.41) is 5.80. The summed E-state index contributed by atoms with van der Waals surface area (Å²) in [6.07, 6.45) is 1.23. The van der Waals surface area contributed by atoms with Crippen LogP contribution in [0, 0.1) is 5.82 Å². The van der Waals surface area contributed by atoms with Gasteiger partial charge in [0.1, 0.15) is 17.7 Å². The topological polar surface area (TPSA) is 144 Å². The molecule has 12 heteroatoms. The number of carbonyl (C=O) groups is 2. The molecule has 0 aliphatic carbocycles. The van der Waals surface area contributed by atoms with Gasteiger partial charge in [0.05, 0.1) is 22.1 Å². The molecule has 1 unspecified atom stereocenters. The first-order valence-corrected chi connectivity index (χ1v) is 15.2. The number of fused-ring (bicyclic) bond motifs is 10. The smallest absolute Gasteiger partial charge is 0.411 e. The van der Waals surface area contributed by atoms with Crippen molar-refractivity contribution in [3.8, 4) is 0 Å². The molecule has 0 saturated carbocycles. The van der Waals surface area contributed by atoms with Crippen molar-refractivity contribution in [1.82, 2.24) is 9.88 Å². The number of nitrogen functional groups attached to an aromatic ring is 1. The van der Waals surface area contributed by atoms with Crippen LogP contribution in [0.15, 0.2) is 71.8 Å². The lowest BCUT2D eigenvalue weighted by Crippen LogP contribution is -2.35. The highest BCUT2D eigenvalue weighted by molar-refractivity contribution is 7.92. The van der Waals surface area contributed by atoms with Crippen LogP contribution in [0.25, 0.3) is 10.8 Å². The van der Waals surface area contributed by atoms with E-state index in [4.69, 9.17) is 10.5 Å². The molecule has 3 aromatic carbocycles. The molecule has 4 N–H and O–H groups in total. The van der Waals surface area contributed by atoms with Crippen molar-refractivity contribution in [2.75, 3.05) is 30.0 Å². The summed E-state index contributed by atoms with van der Waals surface area (Å²) in [4.78, 5) is 31.9. The highest BCUT2D eigenvalue weighted by atomic mass is 32.2. The second-order valence-electron chi connectivity index (χ2n) is 10.7. The van der Waals surface area contributed by atoms with Crippen molar-refractivity contribution in [2.45, 2.75) is 43.0 Å². The number of ether oxygens (including phenoxy) is 1. The molecule has 10 nitrogen and oxygen atoms in total. The van der Waals surface area contributed by atoms with Crippen LogP contribution in [0.2, 0.25) is 0 Å². The average molecular weight is 606 g/mol. The lowest BCUT2D eigenvalue weighted by Gasteiger charge is -2.27. The van der Waals surface area contributed by atoms with E-state index in [0.29, 0.717) is 34.3 Å². The lowest BCUT2D eigenvalue weighted by molar-refractivity contribution is -0.131. The number of pyridine rings is 1. The van der Waals surface area contributed by atoms with E-state index >= 15 is 4.39 Å². The first kappa shape index (κ1) is 29.8. The Morgan fingerprint density at radius 2 is 1.84 bits per heavy atom. The van der Waals surface area contributed by atoms with Crippen LogP contribution in [-0.4, -0.2) is 49.2 Å². The van der Waals surface area contributed by atoms with Crippen molar-refractivity contribution in [2.24, 2.45) is 0 Å². The molecular formula is C31H32FN5O5S. The number of nitrogens with zero attached hydrogens (tertiary/aromatic N) is 2. The fraction of sp³-hybridized carbons (Fsp3) is 0.258. The Hall–Kier alpha value is -4.71. The van der Waals surface area contributed by atoms with Gasteiger partial charge in [0, 0.05) is 37.6 Å². The number of nitrogens with one attached hydrogen (secondary N) is 2. The highest BCUT2D eigenvalue weighted by Gasteiger charge is 2.28. The van der Waals surface area contributed by atoms with E-state index in [1.165, 1.54) is 35.4 Å². The fourth-order valence-corrected chi connectivity index (χ4v) is 6.24. The van der Waals surface area contributed by atoms with Gasteiger partial charge in [0.25, 0.3) is 0 Å². The van der Waals surface area contributed by atoms with Gasteiger partial charge in [-0.05, 0) is 72.3 Å². The molecule has 0 radical (unpaired) electrons. The van der Waals surface area contributed by atoms with Crippen molar-refractivity contribution in [3.63, 3.8) is 0 Å². The molecule has 0 fully saturated rings. The first-order chi connectivity index (χ1) is 20.4. The van der Waals surface area contributed by atoms with E-state index < -0.39 is 33.0 Å². The third kappa shape index (κ3) is 6.24. The van der Waals surface area contributed by atoms with Gasteiger partial charge < -0.3 is 20.7 Å².